The van der Waals surface area contributed by atoms with Gasteiger partial charge in [0, 0.05) is 19.6 Å². The Morgan fingerprint density at radius 1 is 1.29 bits per heavy atom. The fourth-order valence-corrected chi connectivity index (χ4v) is 3.38. The topological polar surface area (TPSA) is 70.1 Å². The number of hydrogen-bond donors (Lipinski definition) is 1. The van der Waals surface area contributed by atoms with Crippen LogP contribution in [0.25, 0.3) is 0 Å². The van der Waals surface area contributed by atoms with Gasteiger partial charge in [-0.15, -0.1) is 0 Å². The molecule has 120 valence electrons. The molecule has 0 saturated carbocycles. The lowest BCUT2D eigenvalue weighted by molar-refractivity contribution is -0.149. The van der Waals surface area contributed by atoms with E-state index in [-0.39, 0.29) is 18.1 Å². The van der Waals surface area contributed by atoms with E-state index < -0.39 is 11.4 Å². The van der Waals surface area contributed by atoms with Crippen LogP contribution in [-0.4, -0.2) is 71.7 Å². The van der Waals surface area contributed by atoms with Crippen molar-refractivity contribution < 1.29 is 19.4 Å². The van der Waals surface area contributed by atoms with Crippen LogP contribution in [-0.2, 0) is 14.3 Å². The second-order valence-corrected chi connectivity index (χ2v) is 6.46. The van der Waals surface area contributed by atoms with E-state index in [1.807, 2.05) is 30.6 Å². The number of carbonyl (C=O) groups excluding carboxylic acids is 1. The lowest BCUT2D eigenvalue weighted by Gasteiger charge is -2.36. The highest BCUT2D eigenvalue weighted by Crippen LogP contribution is 2.34. The summed E-state index contributed by atoms with van der Waals surface area (Å²) in [4.78, 5) is 27.6. The van der Waals surface area contributed by atoms with Gasteiger partial charge in [-0.25, -0.2) is 0 Å². The van der Waals surface area contributed by atoms with Gasteiger partial charge >= 0.3 is 5.97 Å². The molecule has 3 unspecified atom stereocenters. The first-order chi connectivity index (χ1) is 9.86. The zero-order valence-corrected chi connectivity index (χ0v) is 13.2. The summed E-state index contributed by atoms with van der Waals surface area (Å²) in [5, 5.41) is 9.40. The number of carboxylic acid groups (broad SMARTS) is 1. The van der Waals surface area contributed by atoms with Gasteiger partial charge in [-0.3, -0.25) is 14.5 Å². The van der Waals surface area contributed by atoms with E-state index in [0.717, 1.165) is 0 Å². The molecule has 0 aromatic heterocycles. The van der Waals surface area contributed by atoms with Crippen LogP contribution in [0.1, 0.15) is 33.6 Å². The van der Waals surface area contributed by atoms with Gasteiger partial charge in [0.05, 0.1) is 24.2 Å². The molecule has 0 spiro atoms. The maximum absolute atomic E-state index is 12.4. The lowest BCUT2D eigenvalue weighted by Crippen LogP contribution is -2.51. The van der Waals surface area contributed by atoms with E-state index in [2.05, 4.69) is 0 Å². The van der Waals surface area contributed by atoms with Gasteiger partial charge in [-0.05, 0) is 33.2 Å². The van der Waals surface area contributed by atoms with Gasteiger partial charge in [0.1, 0.15) is 0 Å². The van der Waals surface area contributed by atoms with Crippen LogP contribution in [0.4, 0.5) is 0 Å². The van der Waals surface area contributed by atoms with Crippen molar-refractivity contribution in [3.05, 3.63) is 0 Å². The van der Waals surface area contributed by atoms with E-state index >= 15 is 0 Å². The van der Waals surface area contributed by atoms with Crippen molar-refractivity contribution in [3.63, 3.8) is 0 Å². The van der Waals surface area contributed by atoms with Gasteiger partial charge in [-0.2, -0.15) is 0 Å². The molecule has 2 aliphatic heterocycles. The Morgan fingerprint density at radius 3 is 2.38 bits per heavy atom. The number of carbonyl (C=O) groups is 2. The van der Waals surface area contributed by atoms with Crippen molar-refractivity contribution in [2.75, 3.05) is 32.7 Å². The molecule has 6 nitrogen and oxygen atoms in total. The third-order valence-electron chi connectivity index (χ3n) is 4.69. The molecule has 21 heavy (non-hydrogen) atoms. The van der Waals surface area contributed by atoms with Gasteiger partial charge in [-0.1, -0.05) is 6.92 Å². The highest BCUT2D eigenvalue weighted by molar-refractivity contribution is 5.79. The number of aliphatic carboxylic acids is 1. The standard InChI is InChI=1S/C15H26N2O4/c1-4-15(14(19)20)5-6-16(10-15)9-13(18)17-7-11(2)21-12(3)8-17/h11-12H,4-10H2,1-3H3,(H,19,20). The van der Waals surface area contributed by atoms with Gasteiger partial charge in [0.25, 0.3) is 0 Å². The Balaban J connectivity index is 1.91. The van der Waals surface area contributed by atoms with Crippen LogP contribution >= 0.6 is 0 Å². The van der Waals surface area contributed by atoms with E-state index in [1.54, 1.807) is 0 Å². The number of amides is 1. The maximum Gasteiger partial charge on any atom is 0.310 e. The number of nitrogens with zero attached hydrogens (tertiary/aromatic N) is 2. The number of ether oxygens (including phenoxy) is 1. The van der Waals surface area contributed by atoms with Crippen molar-refractivity contribution in [2.24, 2.45) is 5.41 Å². The number of hydrogen-bond acceptors (Lipinski definition) is 4. The van der Waals surface area contributed by atoms with E-state index in [9.17, 15) is 14.7 Å². The summed E-state index contributed by atoms with van der Waals surface area (Å²) < 4.78 is 5.63. The Morgan fingerprint density at radius 2 is 1.90 bits per heavy atom. The highest BCUT2D eigenvalue weighted by Gasteiger charge is 2.43. The summed E-state index contributed by atoms with van der Waals surface area (Å²) >= 11 is 0. The number of rotatable bonds is 4. The average molecular weight is 298 g/mol. The Kier molecular flexibility index (Phi) is 4.88. The summed E-state index contributed by atoms with van der Waals surface area (Å²) in [6.45, 7) is 8.56. The molecule has 6 heteroatoms. The van der Waals surface area contributed by atoms with Crippen molar-refractivity contribution in [2.45, 2.75) is 45.8 Å². The van der Waals surface area contributed by atoms with Crippen molar-refractivity contribution in [1.82, 2.24) is 9.80 Å². The summed E-state index contributed by atoms with van der Waals surface area (Å²) in [6.07, 6.45) is 1.36. The first kappa shape index (κ1) is 16.2. The smallest absolute Gasteiger partial charge is 0.310 e. The second-order valence-electron chi connectivity index (χ2n) is 6.46. The molecule has 1 amide bonds. The molecule has 3 atom stereocenters. The van der Waals surface area contributed by atoms with Crippen LogP contribution in [0.15, 0.2) is 0 Å². The molecular weight excluding hydrogens is 272 g/mol. The van der Waals surface area contributed by atoms with Gasteiger partial charge < -0.3 is 14.7 Å². The predicted octanol–water partition coefficient (Wildman–Crippen LogP) is 0.809. The molecule has 2 fully saturated rings. The first-order valence-electron chi connectivity index (χ1n) is 7.75. The molecule has 0 radical (unpaired) electrons. The molecule has 2 saturated heterocycles. The predicted molar refractivity (Wildman–Crippen MR) is 78.0 cm³/mol. The number of carboxylic acids is 1. The minimum Gasteiger partial charge on any atom is -0.481 e. The van der Waals surface area contributed by atoms with E-state index in [0.29, 0.717) is 45.6 Å². The maximum atomic E-state index is 12.4. The third kappa shape index (κ3) is 3.55. The normalized spacial score (nSPS) is 34.1. The number of likely N-dealkylation sites (tertiary alicyclic amines) is 1. The Bertz CT molecular complexity index is 404. The van der Waals surface area contributed by atoms with E-state index in [4.69, 9.17) is 4.74 Å². The second kappa shape index (κ2) is 6.32. The van der Waals surface area contributed by atoms with Crippen LogP contribution in [0.2, 0.25) is 0 Å². The Hall–Kier alpha value is -1.14. The molecule has 0 aliphatic carbocycles. The minimum atomic E-state index is -0.742. The SMILES string of the molecule is CCC1(C(=O)O)CCN(CC(=O)N2CC(C)OC(C)C2)C1. The fourth-order valence-electron chi connectivity index (χ4n) is 3.38. The molecule has 2 rings (SSSR count). The monoisotopic (exact) mass is 298 g/mol. The zero-order chi connectivity index (χ0) is 15.6. The van der Waals surface area contributed by atoms with Crippen LogP contribution < -0.4 is 0 Å². The summed E-state index contributed by atoms with van der Waals surface area (Å²) in [5.41, 5.74) is -0.675. The van der Waals surface area contributed by atoms with Crippen LogP contribution in [0.5, 0.6) is 0 Å². The molecule has 0 aromatic rings. The van der Waals surface area contributed by atoms with E-state index in [1.165, 1.54) is 0 Å². The largest absolute Gasteiger partial charge is 0.481 e. The van der Waals surface area contributed by atoms with Crippen molar-refractivity contribution in [1.29, 1.82) is 0 Å². The highest BCUT2D eigenvalue weighted by atomic mass is 16.5. The van der Waals surface area contributed by atoms with Gasteiger partial charge in [0.2, 0.25) is 5.91 Å². The van der Waals surface area contributed by atoms with Crippen molar-refractivity contribution >= 4 is 11.9 Å². The third-order valence-corrected chi connectivity index (χ3v) is 4.69. The lowest BCUT2D eigenvalue weighted by atomic mass is 9.84. The number of morpholine rings is 1. The zero-order valence-electron chi connectivity index (χ0n) is 13.2. The molecular formula is C15H26N2O4. The molecule has 2 aliphatic rings. The van der Waals surface area contributed by atoms with Crippen LogP contribution in [0, 0.1) is 5.41 Å². The Labute approximate surface area is 126 Å². The van der Waals surface area contributed by atoms with Gasteiger partial charge in [0.15, 0.2) is 0 Å². The van der Waals surface area contributed by atoms with Crippen LogP contribution in [0.3, 0.4) is 0 Å². The summed E-state index contributed by atoms with van der Waals surface area (Å²) in [7, 11) is 0. The molecule has 0 aromatic carbocycles. The molecule has 0 bridgehead atoms. The fraction of sp³-hybridized carbons (Fsp3) is 0.867. The minimum absolute atomic E-state index is 0.0602. The molecule has 2 heterocycles. The molecule has 1 N–H and O–H groups in total. The summed E-state index contributed by atoms with van der Waals surface area (Å²) in [5.74, 6) is -0.664. The average Bonchev–Trinajstić information content (AvgIpc) is 2.82. The quantitative estimate of drug-likeness (QED) is 0.831. The van der Waals surface area contributed by atoms with Crippen molar-refractivity contribution in [3.8, 4) is 0 Å². The summed E-state index contributed by atoms with van der Waals surface area (Å²) in [6, 6.07) is 0. The first-order valence-corrected chi connectivity index (χ1v) is 7.75.